The molecule has 1 saturated heterocycles. The van der Waals surface area contributed by atoms with Gasteiger partial charge in [0, 0.05) is 18.1 Å². The maximum atomic E-state index is 12.0. The van der Waals surface area contributed by atoms with Crippen LogP contribution >= 0.6 is 0 Å². The Labute approximate surface area is 196 Å². The highest BCUT2D eigenvalue weighted by molar-refractivity contribution is 5.83. The van der Waals surface area contributed by atoms with E-state index in [1.54, 1.807) is 7.11 Å². The Morgan fingerprint density at radius 1 is 1.12 bits per heavy atom. The van der Waals surface area contributed by atoms with Crippen LogP contribution in [0, 0.1) is 11.8 Å². The van der Waals surface area contributed by atoms with E-state index in [1.165, 1.54) is 11.1 Å². The summed E-state index contributed by atoms with van der Waals surface area (Å²) in [6.07, 6.45) is 7.80. The highest BCUT2D eigenvalue weighted by Gasteiger charge is 2.33. The minimum absolute atomic E-state index is 0.246. The molecule has 2 atom stereocenters. The van der Waals surface area contributed by atoms with Gasteiger partial charge in [0.05, 0.1) is 18.5 Å². The van der Waals surface area contributed by atoms with Gasteiger partial charge in [-0.25, -0.2) is 0 Å². The third-order valence-electron chi connectivity index (χ3n) is 7.00. The van der Waals surface area contributed by atoms with Crippen molar-refractivity contribution in [2.45, 2.75) is 38.5 Å². The molecule has 1 aliphatic heterocycles. The fraction of sp³-hybridized carbons (Fsp3) is 0.429. The number of fused-ring (bicyclic) bond motifs is 1. The van der Waals surface area contributed by atoms with Crippen LogP contribution in [0.1, 0.15) is 36.8 Å². The molecule has 5 nitrogen and oxygen atoms in total. The predicted octanol–water partition coefficient (Wildman–Crippen LogP) is 5.22. The Bertz CT molecular complexity index is 1050. The third-order valence-corrected chi connectivity index (χ3v) is 7.00. The van der Waals surface area contributed by atoms with E-state index >= 15 is 0 Å². The first-order valence-electron chi connectivity index (χ1n) is 12.0. The van der Waals surface area contributed by atoms with Crippen molar-refractivity contribution in [3.8, 4) is 5.75 Å². The van der Waals surface area contributed by atoms with E-state index in [0.717, 1.165) is 68.3 Å². The number of aromatic nitrogens is 1. The smallest absolute Gasteiger partial charge is 0.308 e. The molecule has 0 bridgehead atoms. The molecule has 0 aliphatic carbocycles. The van der Waals surface area contributed by atoms with E-state index in [0.29, 0.717) is 6.54 Å². The van der Waals surface area contributed by atoms with Crippen LogP contribution < -0.4 is 4.74 Å². The second kappa shape index (κ2) is 11.3. The van der Waals surface area contributed by atoms with Gasteiger partial charge in [0.15, 0.2) is 0 Å². The summed E-state index contributed by atoms with van der Waals surface area (Å²) in [7, 11) is 1.68. The minimum Gasteiger partial charge on any atom is -0.497 e. The fourth-order valence-corrected chi connectivity index (χ4v) is 5.13. The molecule has 3 aromatic rings. The summed E-state index contributed by atoms with van der Waals surface area (Å²) < 4.78 is 5.38. The number of methoxy groups -OCH3 is 1. The summed E-state index contributed by atoms with van der Waals surface area (Å²) >= 11 is 0. The van der Waals surface area contributed by atoms with Crippen LogP contribution in [0.2, 0.25) is 0 Å². The number of benzene rings is 2. The van der Waals surface area contributed by atoms with Gasteiger partial charge in [0.2, 0.25) is 0 Å². The first-order chi connectivity index (χ1) is 16.1. The molecule has 0 saturated carbocycles. The second-order valence-electron chi connectivity index (χ2n) is 9.13. The van der Waals surface area contributed by atoms with Crippen LogP contribution in [0.3, 0.4) is 0 Å². The number of hydrogen-bond acceptors (Lipinski definition) is 4. The molecule has 33 heavy (non-hydrogen) atoms. The molecule has 1 aromatic heterocycles. The summed E-state index contributed by atoms with van der Waals surface area (Å²) in [5, 5.41) is 11.0. The van der Waals surface area contributed by atoms with Crippen molar-refractivity contribution in [1.29, 1.82) is 0 Å². The third kappa shape index (κ3) is 6.11. The molecule has 5 heteroatoms. The van der Waals surface area contributed by atoms with E-state index in [-0.39, 0.29) is 11.8 Å². The van der Waals surface area contributed by atoms with Gasteiger partial charge < -0.3 is 14.7 Å². The van der Waals surface area contributed by atoms with Crippen molar-refractivity contribution in [1.82, 2.24) is 9.88 Å². The zero-order chi connectivity index (χ0) is 23.0. The number of carboxylic acids is 1. The number of pyridine rings is 1. The summed E-state index contributed by atoms with van der Waals surface area (Å²) in [4.78, 5) is 18.8. The number of likely N-dealkylation sites (tertiary alicyclic amines) is 1. The molecule has 0 radical (unpaired) electrons. The number of carboxylic acid groups (broad SMARTS) is 1. The van der Waals surface area contributed by atoms with Crippen LogP contribution in [0.25, 0.3) is 10.9 Å². The van der Waals surface area contributed by atoms with Crippen LogP contribution in [0.4, 0.5) is 0 Å². The van der Waals surface area contributed by atoms with Crippen molar-refractivity contribution in [3.63, 3.8) is 0 Å². The predicted molar refractivity (Wildman–Crippen MR) is 132 cm³/mol. The normalized spacial score (nSPS) is 18.9. The molecular weight excluding hydrogens is 412 g/mol. The van der Waals surface area contributed by atoms with Crippen molar-refractivity contribution in [2.24, 2.45) is 11.8 Å². The SMILES string of the molecule is COc1ccc2nccc(CCCC3CCN(CCCc4ccccc4)CC3C(=O)O)c2c1. The monoisotopic (exact) mass is 446 g/mol. The lowest BCUT2D eigenvalue weighted by molar-refractivity contribution is -0.146. The Morgan fingerprint density at radius 2 is 1.97 bits per heavy atom. The Kier molecular flexibility index (Phi) is 7.95. The van der Waals surface area contributed by atoms with Gasteiger partial charge in [-0.15, -0.1) is 0 Å². The Hall–Kier alpha value is -2.92. The first kappa shape index (κ1) is 23.2. The fourth-order valence-electron chi connectivity index (χ4n) is 5.13. The van der Waals surface area contributed by atoms with Crippen LogP contribution in [0.15, 0.2) is 60.8 Å². The van der Waals surface area contributed by atoms with Crippen molar-refractivity contribution in [3.05, 3.63) is 71.9 Å². The number of carbonyl (C=O) groups is 1. The molecule has 1 aliphatic rings. The molecule has 0 amide bonds. The average Bonchev–Trinajstić information content (AvgIpc) is 2.85. The maximum Gasteiger partial charge on any atom is 0.308 e. The summed E-state index contributed by atoms with van der Waals surface area (Å²) in [6, 6.07) is 18.6. The van der Waals surface area contributed by atoms with Crippen LogP contribution in [0.5, 0.6) is 5.75 Å². The Balaban J connectivity index is 1.29. The number of rotatable bonds is 10. The van der Waals surface area contributed by atoms with Gasteiger partial charge in [-0.3, -0.25) is 9.78 Å². The molecule has 2 heterocycles. The number of hydrogen-bond donors (Lipinski definition) is 1. The lowest BCUT2D eigenvalue weighted by atomic mass is 9.81. The lowest BCUT2D eigenvalue weighted by Crippen LogP contribution is -2.44. The Morgan fingerprint density at radius 3 is 2.76 bits per heavy atom. The first-order valence-corrected chi connectivity index (χ1v) is 12.0. The number of piperidine rings is 1. The molecule has 1 N–H and O–H groups in total. The largest absolute Gasteiger partial charge is 0.497 e. The quantitative estimate of drug-likeness (QED) is 0.463. The number of aryl methyl sites for hydroxylation is 2. The minimum atomic E-state index is -0.646. The van der Waals surface area contributed by atoms with Gasteiger partial charge in [-0.1, -0.05) is 30.3 Å². The van der Waals surface area contributed by atoms with E-state index in [1.807, 2.05) is 30.5 Å². The van der Waals surface area contributed by atoms with Crippen LogP contribution in [-0.4, -0.2) is 47.7 Å². The summed E-state index contributed by atoms with van der Waals surface area (Å²) in [6.45, 7) is 2.64. The highest BCUT2D eigenvalue weighted by Crippen LogP contribution is 2.30. The van der Waals surface area contributed by atoms with Gasteiger partial charge >= 0.3 is 5.97 Å². The van der Waals surface area contributed by atoms with Gasteiger partial charge in [0.1, 0.15) is 5.75 Å². The molecule has 4 rings (SSSR count). The van der Waals surface area contributed by atoms with Crippen LogP contribution in [-0.2, 0) is 17.6 Å². The van der Waals surface area contributed by atoms with Crippen molar-refractivity contribution >= 4 is 16.9 Å². The highest BCUT2D eigenvalue weighted by atomic mass is 16.5. The number of ether oxygens (including phenoxy) is 1. The molecule has 2 unspecified atom stereocenters. The summed E-state index contributed by atoms with van der Waals surface area (Å²) in [5.41, 5.74) is 3.58. The molecule has 0 spiro atoms. The maximum absolute atomic E-state index is 12.0. The van der Waals surface area contributed by atoms with Gasteiger partial charge in [0.25, 0.3) is 0 Å². The van der Waals surface area contributed by atoms with E-state index in [4.69, 9.17) is 4.74 Å². The molecule has 1 fully saturated rings. The van der Waals surface area contributed by atoms with E-state index in [9.17, 15) is 9.90 Å². The molecule has 174 valence electrons. The molecular formula is C28H34N2O3. The zero-order valence-corrected chi connectivity index (χ0v) is 19.5. The topological polar surface area (TPSA) is 62.7 Å². The second-order valence-corrected chi connectivity index (χ2v) is 9.13. The molecule has 2 aromatic carbocycles. The van der Waals surface area contributed by atoms with E-state index in [2.05, 4.69) is 40.2 Å². The standard InChI is InChI=1S/C28H34N2O3/c1-33-24-12-13-27-25(19-24)22(14-16-29-27)10-5-11-23-15-18-30(20-26(23)28(31)32)17-6-9-21-7-3-2-4-8-21/h2-4,7-8,12-14,16,19,23,26H,5-6,9-11,15,17-18,20H2,1H3,(H,31,32). The zero-order valence-electron chi connectivity index (χ0n) is 19.5. The van der Waals surface area contributed by atoms with E-state index < -0.39 is 5.97 Å². The van der Waals surface area contributed by atoms with Gasteiger partial charge in [-0.05, 0) is 92.9 Å². The van der Waals surface area contributed by atoms with Crippen molar-refractivity contribution in [2.75, 3.05) is 26.7 Å². The number of aliphatic carboxylic acids is 1. The lowest BCUT2D eigenvalue weighted by Gasteiger charge is -2.36. The van der Waals surface area contributed by atoms with Gasteiger partial charge in [-0.2, -0.15) is 0 Å². The number of nitrogens with zero attached hydrogens (tertiary/aromatic N) is 2. The van der Waals surface area contributed by atoms with Crippen molar-refractivity contribution < 1.29 is 14.6 Å². The average molecular weight is 447 g/mol. The summed E-state index contributed by atoms with van der Waals surface area (Å²) in [5.74, 6) is 0.162.